The number of carbonyl (C=O) groups excluding carboxylic acids is 1. The fraction of sp³-hybridized carbons (Fsp3) is 0.615. The van der Waals surface area contributed by atoms with Crippen molar-refractivity contribution in [2.24, 2.45) is 0 Å². The van der Waals surface area contributed by atoms with Gasteiger partial charge >= 0.3 is 0 Å². The summed E-state index contributed by atoms with van der Waals surface area (Å²) in [5, 5.41) is 0. The van der Waals surface area contributed by atoms with Gasteiger partial charge in [0.1, 0.15) is 5.78 Å². The number of aryl methyl sites for hydroxylation is 1. The Morgan fingerprint density at radius 1 is 1.47 bits per heavy atom. The predicted molar refractivity (Wildman–Crippen MR) is 66.6 cm³/mol. The van der Waals surface area contributed by atoms with Crippen LogP contribution in [0.25, 0.3) is 0 Å². The molecule has 0 saturated carbocycles. The third-order valence-electron chi connectivity index (χ3n) is 2.59. The summed E-state index contributed by atoms with van der Waals surface area (Å²) in [6.07, 6.45) is 4.09. The summed E-state index contributed by atoms with van der Waals surface area (Å²) in [4.78, 5) is 13.8. The molecule has 0 amide bonds. The van der Waals surface area contributed by atoms with E-state index in [1.807, 2.05) is 11.3 Å². The second-order valence-corrected chi connectivity index (χ2v) is 5.40. The number of rotatable bonds is 6. The van der Waals surface area contributed by atoms with Crippen molar-refractivity contribution in [1.29, 1.82) is 0 Å². The molecule has 0 fully saturated rings. The average molecular weight is 224 g/mol. The Kier molecular flexibility index (Phi) is 5.03. The molecule has 0 aliphatic carbocycles. The summed E-state index contributed by atoms with van der Waals surface area (Å²) >= 11 is 1.91. The van der Waals surface area contributed by atoms with E-state index < -0.39 is 0 Å². The molecule has 15 heavy (non-hydrogen) atoms. The lowest BCUT2D eigenvalue weighted by Crippen LogP contribution is -1.95. The third kappa shape index (κ3) is 4.17. The quantitative estimate of drug-likeness (QED) is 0.708. The van der Waals surface area contributed by atoms with Gasteiger partial charge in [-0.1, -0.05) is 20.3 Å². The van der Waals surface area contributed by atoms with Gasteiger partial charge in [-0.3, -0.25) is 0 Å². The molecule has 84 valence electrons. The van der Waals surface area contributed by atoms with Gasteiger partial charge in [0.2, 0.25) is 0 Å². The minimum Gasteiger partial charge on any atom is -0.300 e. The number of ketones is 1. The molecule has 1 aromatic heterocycles. The summed E-state index contributed by atoms with van der Waals surface area (Å²) in [7, 11) is 0. The molecular formula is C13H20OS. The van der Waals surface area contributed by atoms with Crippen molar-refractivity contribution < 1.29 is 4.79 Å². The van der Waals surface area contributed by atoms with Crippen LogP contribution in [0, 0.1) is 0 Å². The van der Waals surface area contributed by atoms with Crippen molar-refractivity contribution in [3.8, 4) is 0 Å². The highest BCUT2D eigenvalue weighted by Crippen LogP contribution is 2.28. The van der Waals surface area contributed by atoms with Gasteiger partial charge < -0.3 is 4.79 Å². The van der Waals surface area contributed by atoms with Crippen LogP contribution in [0.1, 0.15) is 55.7 Å². The highest BCUT2D eigenvalue weighted by Gasteiger charge is 2.09. The van der Waals surface area contributed by atoms with Gasteiger partial charge in [-0.15, -0.1) is 11.3 Å². The van der Waals surface area contributed by atoms with Crippen molar-refractivity contribution in [2.75, 3.05) is 0 Å². The van der Waals surface area contributed by atoms with Crippen LogP contribution >= 0.6 is 11.3 Å². The van der Waals surface area contributed by atoms with Crippen LogP contribution in [0.4, 0.5) is 0 Å². The smallest absolute Gasteiger partial charge is 0.129 e. The minimum absolute atomic E-state index is 0.298. The fourth-order valence-corrected chi connectivity index (χ4v) is 2.80. The molecule has 1 heterocycles. The van der Waals surface area contributed by atoms with Crippen molar-refractivity contribution in [3.05, 3.63) is 21.9 Å². The Labute approximate surface area is 96.5 Å². The molecule has 0 N–H and O–H groups in total. The predicted octanol–water partition coefficient (Wildman–Crippen LogP) is 4.17. The van der Waals surface area contributed by atoms with Crippen LogP contribution in [-0.4, -0.2) is 5.78 Å². The van der Waals surface area contributed by atoms with E-state index in [9.17, 15) is 4.79 Å². The Morgan fingerprint density at radius 3 is 2.80 bits per heavy atom. The first-order valence-corrected chi connectivity index (χ1v) is 6.53. The second-order valence-electron chi connectivity index (χ2n) is 4.20. The largest absolute Gasteiger partial charge is 0.300 e. The molecule has 0 radical (unpaired) electrons. The molecule has 1 rings (SSSR count). The maximum atomic E-state index is 10.9. The Balaban J connectivity index is 2.50. The van der Waals surface area contributed by atoms with Crippen LogP contribution < -0.4 is 0 Å². The van der Waals surface area contributed by atoms with Gasteiger partial charge in [-0.05, 0) is 37.8 Å². The summed E-state index contributed by atoms with van der Waals surface area (Å²) in [6.45, 7) is 6.09. The van der Waals surface area contributed by atoms with Crippen LogP contribution in [0.15, 0.2) is 12.1 Å². The van der Waals surface area contributed by atoms with Gasteiger partial charge in [0, 0.05) is 16.2 Å². The van der Waals surface area contributed by atoms with E-state index in [4.69, 9.17) is 0 Å². The topological polar surface area (TPSA) is 17.1 Å². The molecular weight excluding hydrogens is 204 g/mol. The van der Waals surface area contributed by atoms with E-state index in [0.29, 0.717) is 18.1 Å². The number of thiophene rings is 1. The first-order valence-electron chi connectivity index (χ1n) is 5.71. The first-order chi connectivity index (χ1) is 7.13. The van der Waals surface area contributed by atoms with Crippen LogP contribution in [0.5, 0.6) is 0 Å². The molecule has 0 spiro atoms. The maximum absolute atomic E-state index is 10.9. The number of carbonyl (C=O) groups is 1. The van der Waals surface area contributed by atoms with Crippen molar-refractivity contribution in [3.63, 3.8) is 0 Å². The lowest BCUT2D eigenvalue weighted by Gasteiger charge is -2.06. The molecule has 2 heteroatoms. The van der Waals surface area contributed by atoms with Crippen LogP contribution in [-0.2, 0) is 11.2 Å². The molecule has 0 aliphatic rings. The molecule has 0 saturated heterocycles. The Morgan fingerprint density at radius 2 is 2.20 bits per heavy atom. The highest BCUT2D eigenvalue weighted by atomic mass is 32.1. The zero-order chi connectivity index (χ0) is 11.3. The number of hydrogen-bond acceptors (Lipinski definition) is 2. The number of Topliss-reactive ketones (excluding diaryl/α,β-unsaturated/α-hetero) is 1. The molecule has 0 aromatic carbocycles. The summed E-state index contributed by atoms with van der Waals surface area (Å²) in [6, 6.07) is 4.45. The van der Waals surface area contributed by atoms with E-state index >= 15 is 0 Å². The summed E-state index contributed by atoms with van der Waals surface area (Å²) in [5.41, 5.74) is 0. The Bertz CT molecular complexity index is 314. The zero-order valence-corrected chi connectivity index (χ0v) is 10.7. The van der Waals surface area contributed by atoms with Gasteiger partial charge in [-0.2, -0.15) is 0 Å². The molecule has 0 bridgehead atoms. The second kappa shape index (κ2) is 6.06. The minimum atomic E-state index is 0.298. The molecule has 1 aromatic rings. The average Bonchev–Trinajstić information content (AvgIpc) is 2.63. The van der Waals surface area contributed by atoms with Gasteiger partial charge in [-0.25, -0.2) is 0 Å². The van der Waals surface area contributed by atoms with Crippen LogP contribution in [0.2, 0.25) is 0 Å². The van der Waals surface area contributed by atoms with Gasteiger partial charge in [0.25, 0.3) is 0 Å². The van der Waals surface area contributed by atoms with Crippen molar-refractivity contribution >= 4 is 17.1 Å². The van der Waals surface area contributed by atoms with E-state index in [0.717, 1.165) is 6.42 Å². The zero-order valence-electron chi connectivity index (χ0n) is 9.88. The lowest BCUT2D eigenvalue weighted by molar-refractivity contribution is -0.117. The maximum Gasteiger partial charge on any atom is 0.129 e. The summed E-state index contributed by atoms with van der Waals surface area (Å²) in [5.74, 6) is 0.830. The normalized spacial score (nSPS) is 12.7. The molecule has 0 aliphatic heterocycles. The van der Waals surface area contributed by atoms with E-state index in [-0.39, 0.29) is 0 Å². The first kappa shape index (κ1) is 12.4. The van der Waals surface area contributed by atoms with Gasteiger partial charge in [0.05, 0.1) is 0 Å². The van der Waals surface area contributed by atoms with Crippen LogP contribution in [0.3, 0.4) is 0 Å². The Hall–Kier alpha value is -0.630. The number of hydrogen-bond donors (Lipinski definition) is 0. The third-order valence-corrected chi connectivity index (χ3v) is 3.97. The van der Waals surface area contributed by atoms with E-state index in [1.54, 1.807) is 6.92 Å². The molecule has 1 unspecified atom stereocenters. The SMILES string of the molecule is CCCc1ccc(C(C)CCC(C)=O)s1. The van der Waals surface area contributed by atoms with E-state index in [2.05, 4.69) is 26.0 Å². The monoisotopic (exact) mass is 224 g/mol. The van der Waals surface area contributed by atoms with Crippen molar-refractivity contribution in [2.45, 2.75) is 52.4 Å². The molecule has 1 nitrogen and oxygen atoms in total. The lowest BCUT2D eigenvalue weighted by atomic mass is 10.0. The standard InChI is InChI=1S/C13H20OS/c1-4-5-12-8-9-13(15-12)10(2)6-7-11(3)14/h8-10H,4-7H2,1-3H3. The van der Waals surface area contributed by atoms with Gasteiger partial charge in [0.15, 0.2) is 0 Å². The van der Waals surface area contributed by atoms with Crippen molar-refractivity contribution in [1.82, 2.24) is 0 Å². The van der Waals surface area contributed by atoms with E-state index in [1.165, 1.54) is 22.6 Å². The fourth-order valence-electron chi connectivity index (χ4n) is 1.60. The summed E-state index contributed by atoms with van der Waals surface area (Å²) < 4.78 is 0. The molecule has 1 atom stereocenters. The highest BCUT2D eigenvalue weighted by molar-refractivity contribution is 7.12.